The van der Waals surface area contributed by atoms with E-state index in [1.165, 1.54) is 5.56 Å². The highest BCUT2D eigenvalue weighted by atomic mass is 16.2. The van der Waals surface area contributed by atoms with Crippen molar-refractivity contribution in [2.75, 3.05) is 38.1 Å². The molecular weight excluding hydrogens is 330 g/mol. The summed E-state index contributed by atoms with van der Waals surface area (Å²) >= 11 is 0. The van der Waals surface area contributed by atoms with E-state index in [1.54, 1.807) is 22.8 Å². The second-order valence-electron chi connectivity index (χ2n) is 6.37. The van der Waals surface area contributed by atoms with Crippen molar-refractivity contribution >= 4 is 17.6 Å². The molecule has 1 amide bonds. The first kappa shape index (κ1) is 17.9. The van der Waals surface area contributed by atoms with Crippen LogP contribution >= 0.6 is 0 Å². The van der Waals surface area contributed by atoms with Gasteiger partial charge in [0.25, 0.3) is 0 Å². The van der Waals surface area contributed by atoms with Crippen LogP contribution in [0.3, 0.4) is 0 Å². The second-order valence-corrected chi connectivity index (χ2v) is 6.37. The topological polar surface area (TPSA) is 78.7 Å². The van der Waals surface area contributed by atoms with Crippen LogP contribution in [-0.4, -0.2) is 64.8 Å². The number of carbonyl (C=O) groups is 1. The maximum absolute atomic E-state index is 12.5. The number of hydrogen-bond donors (Lipinski definition) is 1. The zero-order chi connectivity index (χ0) is 18.5. The van der Waals surface area contributed by atoms with Gasteiger partial charge in [-0.15, -0.1) is 0 Å². The molecule has 2 aromatic rings. The number of anilines is 1. The Balaban J connectivity index is 1.53. The summed E-state index contributed by atoms with van der Waals surface area (Å²) in [6.07, 6.45) is 6.33. The van der Waals surface area contributed by atoms with Crippen LogP contribution in [0.2, 0.25) is 0 Å². The minimum atomic E-state index is 0.0509. The molecule has 1 aliphatic rings. The summed E-state index contributed by atoms with van der Waals surface area (Å²) in [5.74, 6) is 0.805. The van der Waals surface area contributed by atoms with E-state index in [1.807, 2.05) is 37.3 Å². The van der Waals surface area contributed by atoms with Crippen LogP contribution < -0.4 is 10.2 Å². The fourth-order valence-electron chi connectivity index (χ4n) is 2.97. The normalized spacial score (nSPS) is 15.5. The predicted molar refractivity (Wildman–Crippen MR) is 101 cm³/mol. The van der Waals surface area contributed by atoms with Crippen molar-refractivity contribution in [3.63, 3.8) is 0 Å². The molecule has 1 fully saturated rings. The van der Waals surface area contributed by atoms with Gasteiger partial charge < -0.3 is 15.1 Å². The maximum atomic E-state index is 12.5. The number of rotatable bonds is 4. The predicted octanol–water partition coefficient (Wildman–Crippen LogP) is 0.590. The van der Waals surface area contributed by atoms with Gasteiger partial charge in [-0.1, -0.05) is 6.07 Å². The highest BCUT2D eigenvalue weighted by Crippen LogP contribution is 2.16. The van der Waals surface area contributed by atoms with E-state index in [4.69, 9.17) is 0 Å². The van der Waals surface area contributed by atoms with Gasteiger partial charge >= 0.3 is 0 Å². The van der Waals surface area contributed by atoms with E-state index in [-0.39, 0.29) is 5.91 Å². The van der Waals surface area contributed by atoms with Gasteiger partial charge in [-0.2, -0.15) is 5.10 Å². The number of aryl methyl sites for hydroxylation is 2. The number of aliphatic imine (C=N–C) groups is 1. The third kappa shape index (κ3) is 4.19. The van der Waals surface area contributed by atoms with E-state index in [2.05, 4.69) is 26.5 Å². The molecule has 26 heavy (non-hydrogen) atoms. The molecule has 0 unspecified atom stereocenters. The fourth-order valence-corrected chi connectivity index (χ4v) is 2.97. The minimum absolute atomic E-state index is 0.0509. The average Bonchev–Trinajstić information content (AvgIpc) is 3.06. The Bertz CT molecular complexity index is 781. The molecule has 0 spiro atoms. The first-order chi connectivity index (χ1) is 12.6. The number of nitrogens with zero attached hydrogens (tertiary/aromatic N) is 6. The summed E-state index contributed by atoms with van der Waals surface area (Å²) in [5.41, 5.74) is 3.03. The number of nitrogens with one attached hydrogen (secondary N) is 1. The zero-order valence-electron chi connectivity index (χ0n) is 15.5. The van der Waals surface area contributed by atoms with Gasteiger partial charge in [0.1, 0.15) is 6.54 Å². The van der Waals surface area contributed by atoms with Gasteiger partial charge in [0.15, 0.2) is 5.96 Å². The Morgan fingerprint density at radius 2 is 2.15 bits per heavy atom. The number of amides is 1. The van der Waals surface area contributed by atoms with Gasteiger partial charge in [-0.05, 0) is 25.0 Å². The summed E-state index contributed by atoms with van der Waals surface area (Å²) < 4.78 is 1.70. The van der Waals surface area contributed by atoms with Crippen molar-refractivity contribution < 1.29 is 4.79 Å². The van der Waals surface area contributed by atoms with E-state index in [0.717, 1.165) is 36.9 Å². The van der Waals surface area contributed by atoms with E-state index >= 15 is 0 Å². The smallest absolute Gasteiger partial charge is 0.246 e. The molecule has 0 atom stereocenters. The zero-order valence-corrected chi connectivity index (χ0v) is 15.5. The molecule has 0 bridgehead atoms. The lowest BCUT2D eigenvalue weighted by Crippen LogP contribution is -2.55. The first-order valence-electron chi connectivity index (χ1n) is 8.73. The molecule has 0 aromatic carbocycles. The van der Waals surface area contributed by atoms with Crippen molar-refractivity contribution in [3.8, 4) is 0 Å². The monoisotopic (exact) mass is 355 g/mol. The lowest BCUT2D eigenvalue weighted by molar-refractivity contribution is -0.120. The number of carbonyl (C=O) groups excluding carboxylic acids is 1. The molecule has 3 rings (SSSR count). The van der Waals surface area contributed by atoms with Gasteiger partial charge in [0, 0.05) is 51.8 Å². The molecule has 0 aliphatic carbocycles. The van der Waals surface area contributed by atoms with Gasteiger partial charge in [0.05, 0.1) is 11.9 Å². The summed E-state index contributed by atoms with van der Waals surface area (Å²) in [4.78, 5) is 24.9. The van der Waals surface area contributed by atoms with Gasteiger partial charge in [0.2, 0.25) is 5.91 Å². The van der Waals surface area contributed by atoms with Crippen molar-refractivity contribution in [3.05, 3.63) is 42.0 Å². The molecule has 3 heterocycles. The number of hydrogen-bond acceptors (Lipinski definition) is 4. The Hall–Kier alpha value is -2.90. The Morgan fingerprint density at radius 1 is 1.31 bits per heavy atom. The van der Waals surface area contributed by atoms with Crippen LogP contribution in [0, 0.1) is 6.92 Å². The first-order valence-corrected chi connectivity index (χ1v) is 8.73. The van der Waals surface area contributed by atoms with Gasteiger partial charge in [-0.25, -0.2) is 0 Å². The summed E-state index contributed by atoms with van der Waals surface area (Å²) in [7, 11) is 3.59. The van der Waals surface area contributed by atoms with Gasteiger partial charge in [-0.3, -0.25) is 19.5 Å². The molecule has 2 aromatic heterocycles. The highest BCUT2D eigenvalue weighted by Gasteiger charge is 2.27. The Labute approximate surface area is 153 Å². The van der Waals surface area contributed by atoms with E-state index in [9.17, 15) is 4.79 Å². The molecule has 1 saturated heterocycles. The van der Waals surface area contributed by atoms with E-state index < -0.39 is 0 Å². The largest absolute Gasteiger partial charge is 0.356 e. The Kier molecular flexibility index (Phi) is 5.50. The summed E-state index contributed by atoms with van der Waals surface area (Å²) in [6.45, 7) is 4.38. The van der Waals surface area contributed by atoms with Crippen molar-refractivity contribution in [2.45, 2.75) is 13.3 Å². The number of guanidine groups is 1. The molecule has 8 heteroatoms. The second kappa shape index (κ2) is 7.99. The SMILES string of the molecule is CN=C(NCCc1ccc(C)nc1)N1CCN(c2cnn(C)c2)C(=O)C1. The summed E-state index contributed by atoms with van der Waals surface area (Å²) in [5, 5.41) is 7.48. The lowest BCUT2D eigenvalue weighted by atomic mass is 10.2. The third-order valence-electron chi connectivity index (χ3n) is 4.40. The highest BCUT2D eigenvalue weighted by molar-refractivity contribution is 5.98. The molecule has 1 N–H and O–H groups in total. The quantitative estimate of drug-likeness (QED) is 0.642. The Morgan fingerprint density at radius 3 is 2.77 bits per heavy atom. The van der Waals surface area contributed by atoms with Crippen molar-refractivity contribution in [2.24, 2.45) is 12.0 Å². The van der Waals surface area contributed by atoms with Crippen LogP contribution in [0.25, 0.3) is 0 Å². The third-order valence-corrected chi connectivity index (χ3v) is 4.40. The standard InChI is InChI=1S/C18H25N7O/c1-14-4-5-15(10-21-14)6-7-20-18(19-2)24-8-9-25(17(26)13-24)16-11-22-23(3)12-16/h4-5,10-12H,6-9,13H2,1-3H3,(H,19,20). The molecule has 138 valence electrons. The number of pyridine rings is 1. The fraction of sp³-hybridized carbons (Fsp3) is 0.444. The summed E-state index contributed by atoms with van der Waals surface area (Å²) in [6, 6.07) is 4.10. The van der Waals surface area contributed by atoms with Crippen LogP contribution in [0.15, 0.2) is 35.7 Å². The van der Waals surface area contributed by atoms with Crippen LogP contribution in [-0.2, 0) is 18.3 Å². The van der Waals surface area contributed by atoms with Crippen molar-refractivity contribution in [1.29, 1.82) is 0 Å². The lowest BCUT2D eigenvalue weighted by Gasteiger charge is -2.35. The number of aromatic nitrogens is 3. The van der Waals surface area contributed by atoms with E-state index in [0.29, 0.717) is 13.1 Å². The average molecular weight is 355 g/mol. The molecular formula is C18H25N7O. The number of piperazine rings is 1. The molecule has 0 radical (unpaired) electrons. The molecule has 8 nitrogen and oxygen atoms in total. The molecule has 0 saturated carbocycles. The van der Waals surface area contributed by atoms with Crippen LogP contribution in [0.4, 0.5) is 5.69 Å². The van der Waals surface area contributed by atoms with Crippen LogP contribution in [0.1, 0.15) is 11.3 Å². The minimum Gasteiger partial charge on any atom is -0.356 e. The van der Waals surface area contributed by atoms with Crippen LogP contribution in [0.5, 0.6) is 0 Å². The van der Waals surface area contributed by atoms with Crippen molar-refractivity contribution in [1.82, 2.24) is 25.0 Å². The molecule has 1 aliphatic heterocycles. The maximum Gasteiger partial charge on any atom is 0.246 e.